The van der Waals surface area contributed by atoms with Crippen molar-refractivity contribution in [1.29, 1.82) is 5.26 Å². The number of allylic oxidation sites excluding steroid dienone is 1. The van der Waals surface area contributed by atoms with Gasteiger partial charge < -0.3 is 9.22 Å². The van der Waals surface area contributed by atoms with Gasteiger partial charge in [-0.1, -0.05) is 12.1 Å². The van der Waals surface area contributed by atoms with Gasteiger partial charge in [-0.3, -0.25) is 4.90 Å². The lowest BCUT2D eigenvalue weighted by molar-refractivity contribution is -0.926. The summed E-state index contributed by atoms with van der Waals surface area (Å²) in [6, 6.07) is 10.9. The molecule has 41 heavy (non-hydrogen) atoms. The van der Waals surface area contributed by atoms with E-state index < -0.39 is 29.4 Å². The highest BCUT2D eigenvalue weighted by atomic mass is 19.4. The summed E-state index contributed by atoms with van der Waals surface area (Å²) >= 11 is 0. The van der Waals surface area contributed by atoms with Crippen molar-refractivity contribution in [2.75, 3.05) is 32.1 Å². The van der Waals surface area contributed by atoms with Crippen LogP contribution in [0.15, 0.2) is 58.5 Å². The third kappa shape index (κ3) is 5.13. The van der Waals surface area contributed by atoms with Gasteiger partial charge in [0.1, 0.15) is 12.6 Å². The Morgan fingerprint density at radius 1 is 1.20 bits per heavy atom. The number of aromatic nitrogens is 3. The Bertz CT molecular complexity index is 1630. The first-order valence-corrected chi connectivity index (χ1v) is 13.3. The van der Waals surface area contributed by atoms with E-state index >= 15 is 0 Å². The molecule has 1 atom stereocenters. The maximum Gasteiger partial charge on any atom is 0.416 e. The number of benzene rings is 2. The normalized spacial score (nSPS) is 18.6. The van der Waals surface area contributed by atoms with Crippen molar-refractivity contribution in [3.63, 3.8) is 0 Å². The maximum atomic E-state index is 13.6. The molecule has 12 heteroatoms. The fourth-order valence-electron chi connectivity index (χ4n) is 6.00. The number of H-pyrrole nitrogens is 1. The molecule has 0 spiro atoms. The van der Waals surface area contributed by atoms with Gasteiger partial charge in [-0.25, -0.2) is 19.3 Å². The minimum atomic E-state index is -4.60. The lowest BCUT2D eigenvalue weighted by atomic mass is 9.89. The summed E-state index contributed by atoms with van der Waals surface area (Å²) in [6.45, 7) is 4.04. The molecule has 1 saturated heterocycles. The second-order valence-electron chi connectivity index (χ2n) is 10.8. The van der Waals surface area contributed by atoms with Crippen LogP contribution in [0.25, 0.3) is 0 Å². The number of ether oxygens (including phenoxy) is 1. The van der Waals surface area contributed by atoms with E-state index in [-0.39, 0.29) is 22.9 Å². The largest absolute Gasteiger partial charge is 0.466 e. The lowest BCUT2D eigenvalue weighted by Crippen LogP contribution is -2.47. The molecule has 214 valence electrons. The summed E-state index contributed by atoms with van der Waals surface area (Å²) in [7, 11) is 3.36. The SMILES string of the molecule is COC(=O)C1=C(C)N(c2cccc(C(F)(F)F)c2)c2n[nH]c(=O)n2[C@@H]1c1ccc(C#N)cc1C[N+]1(C)CCCCC1. The van der Waals surface area contributed by atoms with Crippen LogP contribution in [0.4, 0.5) is 24.8 Å². The molecule has 0 bridgehead atoms. The van der Waals surface area contributed by atoms with E-state index in [9.17, 15) is 28.0 Å². The van der Waals surface area contributed by atoms with Crippen LogP contribution < -0.4 is 10.6 Å². The van der Waals surface area contributed by atoms with Gasteiger partial charge in [-0.2, -0.15) is 18.4 Å². The van der Waals surface area contributed by atoms with E-state index in [1.807, 2.05) is 0 Å². The number of hydrogen-bond acceptors (Lipinski definition) is 6. The molecule has 2 aliphatic rings. The van der Waals surface area contributed by atoms with Crippen LogP contribution in [0.1, 0.15) is 54.5 Å². The van der Waals surface area contributed by atoms with Crippen molar-refractivity contribution in [3.05, 3.63) is 86.5 Å². The minimum absolute atomic E-state index is 0.0261. The monoisotopic (exact) mass is 567 g/mol. The Hall–Kier alpha value is -4.37. The zero-order valence-corrected chi connectivity index (χ0v) is 23.0. The van der Waals surface area contributed by atoms with E-state index in [1.54, 1.807) is 25.1 Å². The number of nitriles is 1. The van der Waals surface area contributed by atoms with Crippen molar-refractivity contribution in [1.82, 2.24) is 14.8 Å². The number of piperidine rings is 1. The molecule has 0 saturated carbocycles. The summed E-state index contributed by atoms with van der Waals surface area (Å²) in [5.41, 5.74) is 0.722. The molecule has 3 heterocycles. The number of alkyl halides is 3. The summed E-state index contributed by atoms with van der Waals surface area (Å²) in [5.74, 6) is -0.713. The van der Waals surface area contributed by atoms with Crippen LogP contribution >= 0.6 is 0 Å². The number of nitrogens with one attached hydrogen (secondary N) is 1. The zero-order chi connectivity index (χ0) is 29.5. The average molecular weight is 568 g/mol. The van der Waals surface area contributed by atoms with Gasteiger partial charge in [0, 0.05) is 16.9 Å². The van der Waals surface area contributed by atoms with Crippen LogP contribution in [-0.2, 0) is 22.3 Å². The standard InChI is InChI=1S/C29H29F3N6O3/c1-18-24(26(39)41-3)25(23-11-10-19(16-33)14-20(23)17-38(2)12-5-4-6-13-38)37-27(34-35-28(37)40)36(18)22-9-7-8-21(15-22)29(30,31)32/h7-11,14-15,25H,4-6,12-13,17H2,1-3H3/p+1/t25-/m1/s1. The average Bonchev–Trinajstić information content (AvgIpc) is 3.32. The molecule has 3 aromatic rings. The molecule has 0 amide bonds. The number of likely N-dealkylation sites (tertiary alicyclic amines) is 1. The quantitative estimate of drug-likeness (QED) is 0.352. The molecular weight excluding hydrogens is 537 g/mol. The van der Waals surface area contributed by atoms with E-state index in [1.165, 1.54) is 28.7 Å². The number of nitrogens with zero attached hydrogens (tertiary/aromatic N) is 5. The van der Waals surface area contributed by atoms with Gasteiger partial charge >= 0.3 is 17.8 Å². The highest BCUT2D eigenvalue weighted by Gasteiger charge is 2.41. The first-order chi connectivity index (χ1) is 19.5. The molecule has 0 radical (unpaired) electrons. The molecule has 0 unspecified atom stereocenters. The third-order valence-corrected chi connectivity index (χ3v) is 7.99. The van der Waals surface area contributed by atoms with Gasteiger partial charge in [0.15, 0.2) is 0 Å². The molecular formula is C29H30F3N6O3+. The number of anilines is 2. The number of quaternary nitrogens is 1. The van der Waals surface area contributed by atoms with Crippen LogP contribution in [0.3, 0.4) is 0 Å². The van der Waals surface area contributed by atoms with Gasteiger partial charge in [0.25, 0.3) is 0 Å². The summed E-state index contributed by atoms with van der Waals surface area (Å²) in [6.07, 6.45) is -1.32. The van der Waals surface area contributed by atoms with Crippen molar-refractivity contribution in [2.24, 2.45) is 0 Å². The van der Waals surface area contributed by atoms with Crippen molar-refractivity contribution >= 4 is 17.6 Å². The molecule has 1 N–H and O–H groups in total. The number of carbonyl (C=O) groups is 1. The Morgan fingerprint density at radius 2 is 1.93 bits per heavy atom. The number of rotatable bonds is 5. The van der Waals surface area contributed by atoms with Gasteiger partial charge in [-0.15, -0.1) is 5.10 Å². The molecule has 0 aliphatic carbocycles. The minimum Gasteiger partial charge on any atom is -0.466 e. The number of fused-ring (bicyclic) bond motifs is 1. The van der Waals surface area contributed by atoms with Crippen LogP contribution in [0, 0.1) is 11.3 Å². The molecule has 1 fully saturated rings. The summed E-state index contributed by atoms with van der Waals surface area (Å²) in [5, 5.41) is 16.3. The second kappa shape index (κ2) is 10.6. The maximum absolute atomic E-state index is 13.6. The van der Waals surface area contributed by atoms with Crippen molar-refractivity contribution < 1.29 is 27.2 Å². The topological polar surface area (TPSA) is 104 Å². The number of halogens is 3. The highest BCUT2D eigenvalue weighted by Crippen LogP contribution is 2.44. The molecule has 2 aromatic carbocycles. The molecule has 1 aromatic heterocycles. The predicted octanol–water partition coefficient (Wildman–Crippen LogP) is 4.78. The molecule has 2 aliphatic heterocycles. The van der Waals surface area contributed by atoms with E-state index in [0.29, 0.717) is 17.7 Å². The predicted molar refractivity (Wildman–Crippen MR) is 144 cm³/mol. The van der Waals surface area contributed by atoms with Gasteiger partial charge in [0.05, 0.1) is 50.0 Å². The second-order valence-corrected chi connectivity index (χ2v) is 10.8. The van der Waals surface area contributed by atoms with Gasteiger partial charge in [-0.05, 0) is 62.1 Å². The first kappa shape index (κ1) is 28.2. The number of aromatic amines is 1. The number of esters is 1. The fourth-order valence-corrected chi connectivity index (χ4v) is 6.00. The Kier molecular flexibility index (Phi) is 7.25. The Morgan fingerprint density at radius 3 is 2.59 bits per heavy atom. The smallest absolute Gasteiger partial charge is 0.416 e. The zero-order valence-electron chi connectivity index (χ0n) is 23.0. The van der Waals surface area contributed by atoms with Crippen LogP contribution in [-0.4, -0.2) is 52.5 Å². The van der Waals surface area contributed by atoms with E-state index in [2.05, 4.69) is 23.3 Å². The van der Waals surface area contributed by atoms with E-state index in [0.717, 1.165) is 54.5 Å². The van der Waals surface area contributed by atoms with Gasteiger partial charge in [0.2, 0.25) is 5.95 Å². The molecule has 9 nitrogen and oxygen atoms in total. The lowest BCUT2D eigenvalue weighted by Gasteiger charge is -2.40. The molecule has 5 rings (SSSR count). The summed E-state index contributed by atoms with van der Waals surface area (Å²) in [4.78, 5) is 28.1. The van der Waals surface area contributed by atoms with Crippen molar-refractivity contribution in [2.45, 2.75) is 44.9 Å². The fraction of sp³-hybridized carbons (Fsp3) is 0.379. The Balaban J connectivity index is 1.74. The first-order valence-electron chi connectivity index (χ1n) is 13.3. The number of methoxy groups -OCH3 is 1. The van der Waals surface area contributed by atoms with Crippen molar-refractivity contribution in [3.8, 4) is 6.07 Å². The number of carbonyl (C=O) groups excluding carboxylic acids is 1. The number of hydrogen-bond donors (Lipinski definition) is 1. The van der Waals surface area contributed by atoms with Crippen LogP contribution in [0.5, 0.6) is 0 Å². The van der Waals surface area contributed by atoms with Crippen LogP contribution in [0.2, 0.25) is 0 Å². The van der Waals surface area contributed by atoms with E-state index in [4.69, 9.17) is 4.74 Å². The Labute approximate surface area is 234 Å². The summed E-state index contributed by atoms with van der Waals surface area (Å²) < 4.78 is 47.9. The highest BCUT2D eigenvalue weighted by molar-refractivity contribution is 5.93. The third-order valence-electron chi connectivity index (χ3n) is 7.99.